The van der Waals surface area contributed by atoms with Gasteiger partial charge in [0.25, 0.3) is 11.8 Å². The number of nitrogens with one attached hydrogen (secondary N) is 1. The van der Waals surface area contributed by atoms with Gasteiger partial charge in [-0.25, -0.2) is 9.78 Å². The number of carbonyl (C=O) groups excluding carboxylic acids is 1. The molecule has 232 valence electrons. The summed E-state index contributed by atoms with van der Waals surface area (Å²) in [6, 6.07) is 10.4. The van der Waals surface area contributed by atoms with Crippen LogP contribution in [-0.4, -0.2) is 42.8 Å². The van der Waals surface area contributed by atoms with Crippen LogP contribution < -0.4 is 10.1 Å². The first-order chi connectivity index (χ1) is 20.8. The van der Waals surface area contributed by atoms with Gasteiger partial charge >= 0.3 is 12.3 Å². The van der Waals surface area contributed by atoms with Gasteiger partial charge in [-0.05, 0) is 45.7 Å². The first-order valence-corrected chi connectivity index (χ1v) is 13.7. The Bertz CT molecular complexity index is 1620. The molecule has 0 aliphatic heterocycles. The predicted octanol–water partition coefficient (Wildman–Crippen LogP) is 7.48. The lowest BCUT2D eigenvalue weighted by atomic mass is 10.2. The molecular weight excluding hydrogens is 577 g/mol. The van der Waals surface area contributed by atoms with Gasteiger partial charge in [0.2, 0.25) is 5.88 Å². The summed E-state index contributed by atoms with van der Waals surface area (Å²) in [6.45, 7) is 14.3. The highest BCUT2D eigenvalue weighted by Crippen LogP contribution is 2.41. The predicted molar refractivity (Wildman–Crippen MR) is 158 cm³/mol. The second-order valence-electron chi connectivity index (χ2n) is 10.9. The number of ether oxygens (including phenoxy) is 2. The van der Waals surface area contributed by atoms with Crippen LogP contribution in [0.5, 0.6) is 5.88 Å². The zero-order valence-corrected chi connectivity index (χ0v) is 24.8. The molecule has 0 bridgehead atoms. The smallest absolute Gasteiger partial charge is 0.421 e. The Morgan fingerprint density at radius 3 is 2.39 bits per heavy atom. The van der Waals surface area contributed by atoms with Crippen molar-refractivity contribution < 1.29 is 31.9 Å². The van der Waals surface area contributed by atoms with Crippen LogP contribution in [0, 0.1) is 0 Å². The summed E-state index contributed by atoms with van der Waals surface area (Å²) >= 11 is 0. The van der Waals surface area contributed by atoms with E-state index in [1.54, 1.807) is 38.5 Å². The number of amides is 1. The summed E-state index contributed by atoms with van der Waals surface area (Å²) in [6.07, 6.45) is -0.837. The summed E-state index contributed by atoms with van der Waals surface area (Å²) in [4.78, 5) is 16.8. The van der Waals surface area contributed by atoms with Crippen molar-refractivity contribution in [2.24, 2.45) is 0 Å². The summed E-state index contributed by atoms with van der Waals surface area (Å²) in [5.41, 5.74) is -0.640. The van der Waals surface area contributed by atoms with Gasteiger partial charge in [-0.3, -0.25) is 10.00 Å². The number of rotatable bonds is 11. The molecule has 44 heavy (non-hydrogen) atoms. The summed E-state index contributed by atoms with van der Waals surface area (Å²) < 4.78 is 60.9. The van der Waals surface area contributed by atoms with E-state index in [1.165, 1.54) is 6.08 Å². The molecule has 1 atom stereocenters. The summed E-state index contributed by atoms with van der Waals surface area (Å²) in [7, 11) is 0. The molecule has 0 spiro atoms. The molecular formula is C31H33F3N6O4. The Kier molecular flexibility index (Phi) is 9.56. The number of aromatic nitrogens is 5. The third-order valence-corrected chi connectivity index (χ3v) is 5.96. The lowest BCUT2D eigenvalue weighted by Crippen LogP contribution is -2.27. The van der Waals surface area contributed by atoms with Gasteiger partial charge in [0, 0.05) is 18.2 Å². The molecule has 0 fully saturated rings. The van der Waals surface area contributed by atoms with Crippen LogP contribution in [0.1, 0.15) is 50.8 Å². The van der Waals surface area contributed by atoms with E-state index in [9.17, 15) is 18.0 Å². The number of carbonyl (C=O) groups is 1. The zero-order valence-electron chi connectivity index (χ0n) is 24.8. The van der Waals surface area contributed by atoms with E-state index < -0.39 is 35.4 Å². The van der Waals surface area contributed by atoms with Crippen molar-refractivity contribution in [3.8, 4) is 29.0 Å². The Balaban J connectivity index is 1.80. The molecule has 0 saturated heterocycles. The lowest BCUT2D eigenvalue weighted by Gasteiger charge is -2.22. The number of allylic oxidation sites excluding steroid dienone is 1. The maximum absolute atomic E-state index is 14.2. The van der Waals surface area contributed by atoms with Crippen LogP contribution in [-0.2, 0) is 23.9 Å². The molecule has 4 aromatic rings. The van der Waals surface area contributed by atoms with Crippen molar-refractivity contribution in [2.75, 3.05) is 5.32 Å². The molecule has 0 aliphatic carbocycles. The first-order valence-electron chi connectivity index (χ1n) is 13.7. The number of alkyl halides is 3. The van der Waals surface area contributed by atoms with Crippen molar-refractivity contribution in [1.82, 2.24) is 25.0 Å². The summed E-state index contributed by atoms with van der Waals surface area (Å²) in [5, 5.41) is 15.1. The second-order valence-corrected chi connectivity index (χ2v) is 10.9. The highest BCUT2D eigenvalue weighted by Gasteiger charge is 2.38. The van der Waals surface area contributed by atoms with E-state index in [0.29, 0.717) is 24.7 Å². The van der Waals surface area contributed by atoms with E-state index >= 15 is 0 Å². The number of hydrogen-bond acceptors (Lipinski definition) is 8. The van der Waals surface area contributed by atoms with Crippen molar-refractivity contribution in [1.29, 1.82) is 0 Å². The molecule has 1 amide bonds. The number of benzene rings is 1. The fourth-order valence-electron chi connectivity index (χ4n) is 4.15. The number of hydrogen-bond donors (Lipinski definition) is 1. The fourth-order valence-corrected chi connectivity index (χ4v) is 4.15. The molecule has 13 heteroatoms. The minimum absolute atomic E-state index is 0.00364. The van der Waals surface area contributed by atoms with Gasteiger partial charge in [0.1, 0.15) is 17.3 Å². The third-order valence-electron chi connectivity index (χ3n) is 5.96. The Hall–Kier alpha value is -4.94. The van der Waals surface area contributed by atoms with Crippen LogP contribution >= 0.6 is 0 Å². The number of halogens is 3. The fraction of sp³-hybridized carbons (Fsp3) is 0.323. The lowest BCUT2D eigenvalue weighted by molar-refractivity contribution is -0.139. The molecule has 3 aromatic heterocycles. The normalized spacial score (nSPS) is 12.4. The topological polar surface area (TPSA) is 117 Å². The van der Waals surface area contributed by atoms with Crippen LogP contribution in [0.2, 0.25) is 0 Å². The molecule has 4 rings (SSSR count). The van der Waals surface area contributed by atoms with Crippen molar-refractivity contribution in [2.45, 2.75) is 65.0 Å². The average molecular weight is 611 g/mol. The maximum atomic E-state index is 14.2. The van der Waals surface area contributed by atoms with Crippen LogP contribution in [0.3, 0.4) is 0 Å². The van der Waals surface area contributed by atoms with Gasteiger partial charge in [-0.15, -0.1) is 23.4 Å². The van der Waals surface area contributed by atoms with Crippen LogP contribution in [0.15, 0.2) is 72.3 Å². The Labute approximate surface area is 252 Å². The van der Waals surface area contributed by atoms with E-state index in [0.717, 1.165) is 11.1 Å². The Morgan fingerprint density at radius 2 is 1.77 bits per heavy atom. The average Bonchev–Trinajstić information content (AvgIpc) is 3.56. The molecule has 0 saturated carbocycles. The van der Waals surface area contributed by atoms with E-state index in [1.807, 2.05) is 36.5 Å². The molecule has 0 aliphatic rings. The number of anilines is 1. The first kappa shape index (κ1) is 32.0. The monoisotopic (exact) mass is 610 g/mol. The largest absolute Gasteiger partial charge is 0.474 e. The van der Waals surface area contributed by atoms with Gasteiger partial charge in [-0.2, -0.15) is 18.3 Å². The van der Waals surface area contributed by atoms with E-state index in [4.69, 9.17) is 13.9 Å². The summed E-state index contributed by atoms with van der Waals surface area (Å²) in [5.74, 6) is -1.00. The molecule has 1 N–H and O–H groups in total. The van der Waals surface area contributed by atoms with Gasteiger partial charge in [0.05, 0.1) is 12.2 Å². The quantitative estimate of drug-likeness (QED) is 0.174. The molecule has 0 radical (unpaired) electrons. The zero-order chi connectivity index (χ0) is 32.1. The van der Waals surface area contributed by atoms with Crippen molar-refractivity contribution >= 4 is 11.8 Å². The minimum atomic E-state index is -4.87. The molecule has 3 heterocycles. The second kappa shape index (κ2) is 13.1. The number of nitrogens with zero attached hydrogens (tertiary/aromatic N) is 5. The third kappa shape index (κ3) is 8.12. The van der Waals surface area contributed by atoms with Gasteiger partial charge in [0.15, 0.2) is 11.4 Å². The van der Waals surface area contributed by atoms with Crippen molar-refractivity contribution in [3.63, 3.8) is 0 Å². The van der Waals surface area contributed by atoms with E-state index in [2.05, 4.69) is 38.8 Å². The number of pyridine rings is 1. The van der Waals surface area contributed by atoms with Crippen LogP contribution in [0.4, 0.5) is 23.7 Å². The molecule has 10 nitrogen and oxygen atoms in total. The SMILES string of the molecule is C=CCc1cn(Cc2ccccc2)nc1-c1nnc(-c2nc(O[C@H](C)CC=C)c(C(F)(F)F)cc2NC(=O)OC(C)(C)C)o1. The van der Waals surface area contributed by atoms with Crippen LogP contribution in [0.25, 0.3) is 23.2 Å². The highest BCUT2D eigenvalue weighted by atomic mass is 19.4. The highest BCUT2D eigenvalue weighted by molar-refractivity contribution is 5.89. The van der Waals surface area contributed by atoms with E-state index in [-0.39, 0.29) is 29.6 Å². The minimum Gasteiger partial charge on any atom is -0.474 e. The Morgan fingerprint density at radius 1 is 1.09 bits per heavy atom. The van der Waals surface area contributed by atoms with Gasteiger partial charge < -0.3 is 13.9 Å². The van der Waals surface area contributed by atoms with Gasteiger partial charge in [-0.1, -0.05) is 42.5 Å². The maximum Gasteiger partial charge on any atom is 0.421 e. The molecule has 0 unspecified atom stereocenters. The van der Waals surface area contributed by atoms with Crippen molar-refractivity contribution in [3.05, 3.63) is 84.6 Å². The molecule has 1 aromatic carbocycles. The standard InChI is InChI=1S/C31H33F3N6O4/c1-7-12-19(3)42-26-22(31(32,33)34)16-23(35-29(41)44-30(4,5)6)25(36-26)28-38-37-27(43-28)24-21(13-8-2)18-40(39-24)17-20-14-10-9-11-15-20/h7-11,14-16,18-19H,1-2,12-13,17H2,3-6H3,(H,35,41)/t19-/m1/s1.